The quantitative estimate of drug-likeness (QED) is 0.426. The highest BCUT2D eigenvalue weighted by molar-refractivity contribution is 5.96. The molecule has 6 rings (SSSR count). The predicted octanol–water partition coefficient (Wildman–Crippen LogP) is 5.06. The Balaban J connectivity index is 1.28. The molecule has 2 aliphatic rings. The van der Waals surface area contributed by atoms with Crippen LogP contribution < -0.4 is 5.32 Å². The van der Waals surface area contributed by atoms with Gasteiger partial charge in [-0.25, -0.2) is 23.1 Å². The van der Waals surface area contributed by atoms with Crippen LogP contribution in [0, 0.1) is 18.2 Å². The maximum Gasteiger partial charge on any atom is 0.256 e. The van der Waals surface area contributed by atoms with Crippen molar-refractivity contribution in [2.24, 2.45) is 5.41 Å². The number of nitrogens with zero attached hydrogens (tertiary/aromatic N) is 4. The Morgan fingerprint density at radius 3 is 2.74 bits per heavy atom. The lowest BCUT2D eigenvalue weighted by atomic mass is 9.71. The summed E-state index contributed by atoms with van der Waals surface area (Å²) in [4.78, 5) is 16.4. The fourth-order valence-electron chi connectivity index (χ4n) is 5.27. The smallest absolute Gasteiger partial charge is 0.256 e. The van der Waals surface area contributed by atoms with E-state index in [1.54, 1.807) is 25.4 Å². The summed E-state index contributed by atoms with van der Waals surface area (Å²) in [5.74, 6) is 0.353. The van der Waals surface area contributed by atoms with Gasteiger partial charge in [-0.2, -0.15) is 4.98 Å². The van der Waals surface area contributed by atoms with Crippen LogP contribution in [0.5, 0.6) is 0 Å². The van der Waals surface area contributed by atoms with Crippen LogP contribution in [0.4, 0.5) is 19.1 Å². The maximum absolute atomic E-state index is 14.9. The highest BCUT2D eigenvalue weighted by atomic mass is 19.3. The van der Waals surface area contributed by atoms with Crippen molar-refractivity contribution in [2.75, 3.05) is 18.5 Å². The number of aromatic nitrogens is 5. The minimum absolute atomic E-state index is 0.0900. The van der Waals surface area contributed by atoms with Gasteiger partial charge in [-0.1, -0.05) is 0 Å². The molecule has 1 spiro atoms. The summed E-state index contributed by atoms with van der Waals surface area (Å²) in [7, 11) is 0. The molecule has 4 aromatic rings. The van der Waals surface area contributed by atoms with Crippen LogP contribution in [-0.2, 0) is 11.3 Å². The van der Waals surface area contributed by atoms with Gasteiger partial charge in [0.15, 0.2) is 5.82 Å². The van der Waals surface area contributed by atoms with Gasteiger partial charge >= 0.3 is 0 Å². The van der Waals surface area contributed by atoms with Crippen molar-refractivity contribution in [1.29, 1.82) is 0 Å². The second-order valence-electron chi connectivity index (χ2n) is 9.56. The first-order valence-corrected chi connectivity index (χ1v) is 11.5. The lowest BCUT2D eigenvalue weighted by Crippen LogP contribution is -2.47. The molecular formula is C24H25F3N6O. The highest BCUT2D eigenvalue weighted by Crippen LogP contribution is 2.42. The number of aryl methyl sites for hydroxylation is 1. The van der Waals surface area contributed by atoms with Crippen molar-refractivity contribution < 1.29 is 17.9 Å². The minimum atomic E-state index is -2.56. The van der Waals surface area contributed by atoms with Gasteiger partial charge in [0, 0.05) is 34.8 Å². The first-order chi connectivity index (χ1) is 16.4. The van der Waals surface area contributed by atoms with Gasteiger partial charge < -0.3 is 19.6 Å². The number of benzene rings is 1. The molecule has 1 aliphatic heterocycles. The van der Waals surface area contributed by atoms with Gasteiger partial charge in [-0.3, -0.25) is 0 Å². The average Bonchev–Trinajstić information content (AvgIpc) is 3.34. The lowest BCUT2D eigenvalue weighted by Gasteiger charge is -2.46. The number of alkyl halides is 2. The number of hydrogen-bond acceptors (Lipinski definition) is 5. The number of nitrogens with one attached hydrogen (secondary N) is 2. The van der Waals surface area contributed by atoms with Crippen LogP contribution in [0.2, 0.25) is 0 Å². The molecule has 1 aliphatic carbocycles. The molecule has 7 nitrogen and oxygen atoms in total. The predicted molar refractivity (Wildman–Crippen MR) is 122 cm³/mol. The molecular weight excluding hydrogens is 445 g/mol. The first-order valence-electron chi connectivity index (χ1n) is 11.5. The number of hydrogen-bond donors (Lipinski definition) is 2. The van der Waals surface area contributed by atoms with Gasteiger partial charge in [0.2, 0.25) is 5.95 Å². The molecule has 0 unspecified atom stereocenters. The van der Waals surface area contributed by atoms with Crippen molar-refractivity contribution in [1.82, 2.24) is 24.5 Å². The largest absolute Gasteiger partial charge is 0.380 e. The van der Waals surface area contributed by atoms with E-state index in [0.29, 0.717) is 45.5 Å². The van der Waals surface area contributed by atoms with E-state index < -0.39 is 18.8 Å². The van der Waals surface area contributed by atoms with Crippen molar-refractivity contribution in [2.45, 2.75) is 51.6 Å². The van der Waals surface area contributed by atoms with Gasteiger partial charge in [0.05, 0.1) is 25.3 Å². The van der Waals surface area contributed by atoms with Crippen LogP contribution >= 0.6 is 0 Å². The molecule has 0 bridgehead atoms. The first kappa shape index (κ1) is 21.4. The number of rotatable bonds is 5. The zero-order chi connectivity index (χ0) is 23.4. The van der Waals surface area contributed by atoms with Crippen LogP contribution in [0.15, 0.2) is 24.5 Å². The normalized spacial score (nSPS) is 18.3. The molecule has 34 heavy (non-hydrogen) atoms. The zero-order valence-electron chi connectivity index (χ0n) is 18.7. The number of ether oxygens (including phenoxy) is 1. The van der Waals surface area contributed by atoms with E-state index in [4.69, 9.17) is 4.74 Å². The summed E-state index contributed by atoms with van der Waals surface area (Å²) in [5, 5.41) is 4.18. The summed E-state index contributed by atoms with van der Waals surface area (Å²) in [5.41, 5.74) is 2.70. The number of aromatic amines is 1. The van der Waals surface area contributed by atoms with Crippen LogP contribution in [-0.4, -0.2) is 50.2 Å². The monoisotopic (exact) mass is 470 g/mol. The number of fused-ring (bicyclic) bond motifs is 2. The highest BCUT2D eigenvalue weighted by Gasteiger charge is 2.41. The summed E-state index contributed by atoms with van der Waals surface area (Å²) in [6, 6.07) is 3.39. The third-order valence-corrected chi connectivity index (χ3v) is 7.26. The molecule has 1 saturated carbocycles. The van der Waals surface area contributed by atoms with Crippen LogP contribution in [0.25, 0.3) is 33.2 Å². The number of imidazole rings is 1. The Labute approximate surface area is 193 Å². The molecule has 1 aromatic carbocycles. The van der Waals surface area contributed by atoms with E-state index in [1.165, 1.54) is 10.6 Å². The fourth-order valence-corrected chi connectivity index (χ4v) is 5.27. The molecule has 10 heteroatoms. The third-order valence-electron chi connectivity index (χ3n) is 7.26. The molecule has 0 atom stereocenters. The number of anilines is 1. The Kier molecular flexibility index (Phi) is 5.02. The van der Waals surface area contributed by atoms with Gasteiger partial charge in [-0.05, 0) is 50.3 Å². The topological polar surface area (TPSA) is 80.7 Å². The van der Waals surface area contributed by atoms with E-state index in [0.717, 1.165) is 44.3 Å². The Morgan fingerprint density at radius 1 is 1.24 bits per heavy atom. The Hall–Kier alpha value is -3.14. The Morgan fingerprint density at radius 2 is 2.03 bits per heavy atom. The van der Waals surface area contributed by atoms with E-state index >= 15 is 0 Å². The maximum atomic E-state index is 14.9. The average molecular weight is 470 g/mol. The zero-order valence-corrected chi connectivity index (χ0v) is 18.7. The molecule has 1 saturated heterocycles. The molecule has 2 fully saturated rings. The fraction of sp³-hybridized carbons (Fsp3) is 0.458. The van der Waals surface area contributed by atoms with E-state index in [2.05, 4.69) is 25.3 Å². The number of halogens is 3. The number of H-pyrrole nitrogens is 1. The molecule has 0 amide bonds. The Bertz CT molecular complexity index is 1370. The standard InChI is InChI=1S/C24H25F3N6O/c1-13-30-21-18(25)6-14(7-19(21)33(13)10-20(26)27)16-8-28-22-17(16)9-29-23(32-22)31-15-2-4-24(5-3-15)11-34-12-24/h6-9,15,20H,2-5,10-12H2,1H3,(H2,28,29,31,32). The van der Waals surface area contributed by atoms with Crippen LogP contribution in [0.1, 0.15) is 31.5 Å². The third kappa shape index (κ3) is 3.60. The van der Waals surface area contributed by atoms with Crippen molar-refractivity contribution >= 4 is 28.0 Å². The van der Waals surface area contributed by atoms with E-state index in [9.17, 15) is 13.2 Å². The summed E-state index contributed by atoms with van der Waals surface area (Å²) >= 11 is 0. The van der Waals surface area contributed by atoms with Crippen molar-refractivity contribution in [3.05, 3.63) is 36.2 Å². The van der Waals surface area contributed by atoms with Crippen molar-refractivity contribution in [3.8, 4) is 11.1 Å². The van der Waals surface area contributed by atoms with Gasteiger partial charge in [0.25, 0.3) is 6.43 Å². The lowest BCUT2D eigenvalue weighted by molar-refractivity contribution is -0.131. The summed E-state index contributed by atoms with van der Waals surface area (Å²) < 4.78 is 47.8. The van der Waals surface area contributed by atoms with Gasteiger partial charge in [-0.15, -0.1) is 0 Å². The van der Waals surface area contributed by atoms with Gasteiger partial charge in [0.1, 0.15) is 17.0 Å². The molecule has 4 heterocycles. The SMILES string of the molecule is Cc1nc2c(F)cc(-c3c[nH]c4nc(NC5CCC6(CC5)COC6)ncc34)cc2n1CC(F)F. The van der Waals surface area contributed by atoms with E-state index in [1.807, 2.05) is 0 Å². The minimum Gasteiger partial charge on any atom is -0.380 e. The molecule has 0 radical (unpaired) electrons. The summed E-state index contributed by atoms with van der Waals surface area (Å²) in [6.45, 7) is 2.82. The van der Waals surface area contributed by atoms with Crippen LogP contribution in [0.3, 0.4) is 0 Å². The summed E-state index contributed by atoms with van der Waals surface area (Å²) in [6.07, 6.45) is 5.31. The second-order valence-corrected chi connectivity index (χ2v) is 9.56. The molecule has 3 aromatic heterocycles. The molecule has 178 valence electrons. The van der Waals surface area contributed by atoms with E-state index in [-0.39, 0.29) is 5.52 Å². The van der Waals surface area contributed by atoms with Crippen molar-refractivity contribution in [3.63, 3.8) is 0 Å². The second kappa shape index (κ2) is 7.97. The molecule has 2 N–H and O–H groups in total.